The minimum Gasteiger partial charge on any atom is -0.480 e. The number of nitrogens with zero attached hydrogens (tertiary/aromatic N) is 1. The summed E-state index contributed by atoms with van der Waals surface area (Å²) in [6, 6.07) is 0. The Kier molecular flexibility index (Phi) is 2.49. The van der Waals surface area contributed by atoms with Crippen LogP contribution in [0.2, 0.25) is 0 Å². The van der Waals surface area contributed by atoms with Crippen LogP contribution >= 0.6 is 0 Å². The maximum absolute atomic E-state index is 10.3. The lowest BCUT2D eigenvalue weighted by Crippen LogP contribution is -2.42. The van der Waals surface area contributed by atoms with Crippen LogP contribution in [0.15, 0.2) is 0 Å². The zero-order valence-corrected chi connectivity index (χ0v) is 6.49. The van der Waals surface area contributed by atoms with Crippen LogP contribution in [0.3, 0.4) is 0 Å². The van der Waals surface area contributed by atoms with Crippen LogP contribution in [-0.4, -0.2) is 47.7 Å². The van der Waals surface area contributed by atoms with E-state index in [9.17, 15) is 4.79 Å². The highest BCUT2D eigenvalue weighted by molar-refractivity contribution is 5.80. The van der Waals surface area contributed by atoms with E-state index in [0.29, 0.717) is 13.2 Å². The standard InChI is InChI=1S/C6H11N3O3/c7-6(8)9(2-5(10)11)1-4-3-12-4/h4H,1-3H2,(H3,7,8)(H,10,11). The average Bonchev–Trinajstić information content (AvgIpc) is 2.68. The fourth-order valence-electron chi connectivity index (χ4n) is 0.831. The molecule has 0 aromatic heterocycles. The summed E-state index contributed by atoms with van der Waals surface area (Å²) in [5.74, 6) is -1.22. The summed E-state index contributed by atoms with van der Waals surface area (Å²) < 4.78 is 4.88. The number of nitrogens with one attached hydrogen (secondary N) is 1. The summed E-state index contributed by atoms with van der Waals surface area (Å²) in [5, 5.41) is 15.5. The Morgan fingerprint density at radius 1 is 1.83 bits per heavy atom. The first-order chi connectivity index (χ1) is 5.59. The van der Waals surface area contributed by atoms with E-state index in [-0.39, 0.29) is 18.6 Å². The van der Waals surface area contributed by atoms with Gasteiger partial charge in [-0.15, -0.1) is 0 Å². The number of hydrogen-bond acceptors (Lipinski definition) is 3. The molecule has 1 rings (SSSR count). The fourth-order valence-corrected chi connectivity index (χ4v) is 0.831. The van der Waals surface area contributed by atoms with Crippen LogP contribution in [-0.2, 0) is 9.53 Å². The molecule has 1 aliphatic heterocycles. The number of hydrogen-bond donors (Lipinski definition) is 3. The Bertz CT molecular complexity index is 202. The fraction of sp³-hybridized carbons (Fsp3) is 0.667. The van der Waals surface area contributed by atoms with Crippen molar-refractivity contribution in [1.82, 2.24) is 4.90 Å². The molecule has 0 amide bonds. The van der Waals surface area contributed by atoms with Crippen LogP contribution < -0.4 is 5.73 Å². The Balaban J connectivity index is 2.36. The van der Waals surface area contributed by atoms with Crippen LogP contribution in [0.5, 0.6) is 0 Å². The van der Waals surface area contributed by atoms with E-state index >= 15 is 0 Å². The SMILES string of the molecule is N=C(N)N(CC(=O)O)CC1CO1. The molecular formula is C6H11N3O3. The molecule has 0 aromatic carbocycles. The molecule has 12 heavy (non-hydrogen) atoms. The number of aliphatic carboxylic acids is 1. The number of rotatable bonds is 4. The number of epoxide rings is 1. The number of carboxylic acids is 1. The van der Waals surface area contributed by atoms with E-state index in [4.69, 9.17) is 21.0 Å². The van der Waals surface area contributed by atoms with Crippen molar-refractivity contribution in [3.8, 4) is 0 Å². The van der Waals surface area contributed by atoms with Crippen molar-refractivity contribution < 1.29 is 14.6 Å². The van der Waals surface area contributed by atoms with Gasteiger partial charge in [-0.1, -0.05) is 0 Å². The molecule has 1 unspecified atom stereocenters. The number of carbonyl (C=O) groups is 1. The molecule has 6 nitrogen and oxygen atoms in total. The van der Waals surface area contributed by atoms with E-state index in [1.807, 2.05) is 0 Å². The lowest BCUT2D eigenvalue weighted by molar-refractivity contribution is -0.137. The minimum absolute atomic E-state index is 0.0493. The Labute approximate surface area is 69.4 Å². The molecule has 0 saturated carbocycles. The van der Waals surface area contributed by atoms with E-state index < -0.39 is 5.97 Å². The zero-order chi connectivity index (χ0) is 9.14. The molecule has 0 radical (unpaired) electrons. The molecule has 4 N–H and O–H groups in total. The normalized spacial score (nSPS) is 20.2. The van der Waals surface area contributed by atoms with Gasteiger partial charge in [-0.05, 0) is 0 Å². The number of carboxylic acid groups (broad SMARTS) is 1. The van der Waals surface area contributed by atoms with Gasteiger partial charge in [0.1, 0.15) is 6.54 Å². The quantitative estimate of drug-likeness (QED) is 0.277. The molecular weight excluding hydrogens is 162 g/mol. The van der Waals surface area contributed by atoms with Gasteiger partial charge in [0.25, 0.3) is 0 Å². The minimum atomic E-state index is -0.995. The zero-order valence-electron chi connectivity index (χ0n) is 6.49. The number of ether oxygens (including phenoxy) is 1. The van der Waals surface area contributed by atoms with Crippen molar-refractivity contribution in [3.05, 3.63) is 0 Å². The first-order valence-electron chi connectivity index (χ1n) is 3.52. The Morgan fingerprint density at radius 3 is 2.75 bits per heavy atom. The van der Waals surface area contributed by atoms with Gasteiger partial charge >= 0.3 is 5.97 Å². The molecule has 1 aliphatic rings. The van der Waals surface area contributed by atoms with Crippen LogP contribution in [0, 0.1) is 5.41 Å². The highest BCUT2D eigenvalue weighted by Gasteiger charge is 2.26. The summed E-state index contributed by atoms with van der Waals surface area (Å²) in [4.78, 5) is 11.5. The first-order valence-corrected chi connectivity index (χ1v) is 3.52. The highest BCUT2D eigenvalue weighted by Crippen LogP contribution is 2.09. The second kappa shape index (κ2) is 3.40. The monoisotopic (exact) mass is 173 g/mol. The van der Waals surface area contributed by atoms with E-state index in [2.05, 4.69) is 0 Å². The Morgan fingerprint density at radius 2 is 2.42 bits per heavy atom. The van der Waals surface area contributed by atoms with Gasteiger partial charge in [-0.3, -0.25) is 10.2 Å². The van der Waals surface area contributed by atoms with Crippen LogP contribution in [0.1, 0.15) is 0 Å². The molecule has 1 fully saturated rings. The van der Waals surface area contributed by atoms with Gasteiger partial charge in [0.05, 0.1) is 12.7 Å². The molecule has 68 valence electrons. The van der Waals surface area contributed by atoms with Crippen LogP contribution in [0.25, 0.3) is 0 Å². The van der Waals surface area contributed by atoms with Crippen LogP contribution in [0.4, 0.5) is 0 Å². The van der Waals surface area contributed by atoms with E-state index in [1.54, 1.807) is 0 Å². The van der Waals surface area contributed by atoms with Gasteiger partial charge in [-0.25, -0.2) is 0 Å². The molecule has 0 aromatic rings. The number of nitrogens with two attached hydrogens (primary N) is 1. The van der Waals surface area contributed by atoms with Gasteiger partial charge in [0, 0.05) is 6.54 Å². The molecule has 1 atom stereocenters. The van der Waals surface area contributed by atoms with E-state index in [1.165, 1.54) is 4.90 Å². The predicted octanol–water partition coefficient (Wildman–Crippen LogP) is -1.33. The van der Waals surface area contributed by atoms with Crippen molar-refractivity contribution in [2.45, 2.75) is 6.10 Å². The first kappa shape index (κ1) is 8.79. The summed E-state index contributed by atoms with van der Waals surface area (Å²) >= 11 is 0. The third kappa shape index (κ3) is 2.75. The lowest BCUT2D eigenvalue weighted by atomic mass is 10.4. The van der Waals surface area contributed by atoms with Crippen molar-refractivity contribution in [3.63, 3.8) is 0 Å². The molecule has 0 spiro atoms. The van der Waals surface area contributed by atoms with Gasteiger partial charge in [0.2, 0.25) is 0 Å². The third-order valence-corrected chi connectivity index (χ3v) is 1.49. The maximum atomic E-state index is 10.3. The second-order valence-electron chi connectivity index (χ2n) is 2.61. The Hall–Kier alpha value is -1.30. The summed E-state index contributed by atoms with van der Waals surface area (Å²) in [6.45, 7) is 0.778. The van der Waals surface area contributed by atoms with Crippen molar-refractivity contribution in [2.24, 2.45) is 5.73 Å². The largest absolute Gasteiger partial charge is 0.480 e. The molecule has 6 heteroatoms. The van der Waals surface area contributed by atoms with Crippen molar-refractivity contribution >= 4 is 11.9 Å². The van der Waals surface area contributed by atoms with Gasteiger partial charge in [0.15, 0.2) is 5.96 Å². The summed E-state index contributed by atoms with van der Waals surface area (Å²) in [5.41, 5.74) is 5.15. The predicted molar refractivity (Wildman–Crippen MR) is 40.9 cm³/mol. The smallest absolute Gasteiger partial charge is 0.323 e. The van der Waals surface area contributed by atoms with Gasteiger partial charge in [-0.2, -0.15) is 0 Å². The topological polar surface area (TPSA) is 103 Å². The average molecular weight is 173 g/mol. The molecule has 1 saturated heterocycles. The summed E-state index contributed by atoms with van der Waals surface area (Å²) in [6.07, 6.45) is 0.0493. The maximum Gasteiger partial charge on any atom is 0.323 e. The third-order valence-electron chi connectivity index (χ3n) is 1.49. The molecule has 0 aliphatic carbocycles. The van der Waals surface area contributed by atoms with Crippen molar-refractivity contribution in [2.75, 3.05) is 19.7 Å². The number of guanidine groups is 1. The van der Waals surface area contributed by atoms with Crippen molar-refractivity contribution in [1.29, 1.82) is 5.41 Å². The molecule has 1 heterocycles. The molecule has 0 bridgehead atoms. The second-order valence-corrected chi connectivity index (χ2v) is 2.61. The van der Waals surface area contributed by atoms with Gasteiger partial charge < -0.3 is 20.5 Å². The highest BCUT2D eigenvalue weighted by atomic mass is 16.6. The lowest BCUT2D eigenvalue weighted by Gasteiger charge is -2.18. The van der Waals surface area contributed by atoms with E-state index in [0.717, 1.165) is 0 Å². The summed E-state index contributed by atoms with van der Waals surface area (Å²) in [7, 11) is 0.